The standard InChI is InChI=1S/C17H36N2O/c1-6-10-19-11-7-8-16(13-19)15(2)18-14-17(3,4)9-12-20-5/h15-16,18H,6-14H2,1-5H3. The SMILES string of the molecule is CCCN1CCCC(C(C)NCC(C)(C)CCOC)C1. The van der Waals surface area contributed by atoms with Gasteiger partial charge in [-0.25, -0.2) is 0 Å². The van der Waals surface area contributed by atoms with Crippen molar-refractivity contribution < 1.29 is 4.74 Å². The van der Waals surface area contributed by atoms with Crippen LogP contribution in [-0.2, 0) is 4.74 Å². The number of methoxy groups -OCH3 is 1. The second-order valence-corrected chi connectivity index (χ2v) is 7.28. The first-order valence-electron chi connectivity index (χ1n) is 8.43. The summed E-state index contributed by atoms with van der Waals surface area (Å²) in [6.45, 7) is 15.1. The van der Waals surface area contributed by atoms with Crippen LogP contribution in [0.5, 0.6) is 0 Å². The van der Waals surface area contributed by atoms with E-state index in [1.165, 1.54) is 38.9 Å². The highest BCUT2D eigenvalue weighted by atomic mass is 16.5. The normalized spacial score (nSPS) is 22.9. The van der Waals surface area contributed by atoms with E-state index in [1.807, 2.05) is 0 Å². The summed E-state index contributed by atoms with van der Waals surface area (Å²) in [4.78, 5) is 2.64. The maximum atomic E-state index is 5.21. The zero-order valence-corrected chi connectivity index (χ0v) is 14.4. The molecule has 20 heavy (non-hydrogen) atoms. The Balaban J connectivity index is 2.32. The van der Waals surface area contributed by atoms with Crippen molar-refractivity contribution >= 4 is 0 Å². The van der Waals surface area contributed by atoms with Crippen LogP contribution in [0.1, 0.15) is 53.4 Å². The molecule has 0 radical (unpaired) electrons. The predicted molar refractivity (Wildman–Crippen MR) is 87.2 cm³/mol. The summed E-state index contributed by atoms with van der Waals surface area (Å²) >= 11 is 0. The molecule has 1 heterocycles. The number of nitrogens with one attached hydrogen (secondary N) is 1. The van der Waals surface area contributed by atoms with Crippen molar-refractivity contribution in [2.45, 2.75) is 59.4 Å². The van der Waals surface area contributed by atoms with Gasteiger partial charge in [-0.3, -0.25) is 0 Å². The molecule has 120 valence electrons. The highest BCUT2D eigenvalue weighted by Gasteiger charge is 2.25. The van der Waals surface area contributed by atoms with Crippen LogP contribution in [0.25, 0.3) is 0 Å². The number of hydrogen-bond acceptors (Lipinski definition) is 3. The molecule has 2 atom stereocenters. The van der Waals surface area contributed by atoms with Gasteiger partial charge in [-0.15, -0.1) is 0 Å². The molecule has 2 unspecified atom stereocenters. The predicted octanol–water partition coefficient (Wildman–Crippen LogP) is 3.15. The minimum atomic E-state index is 0.321. The first-order chi connectivity index (χ1) is 9.48. The molecule has 0 spiro atoms. The van der Waals surface area contributed by atoms with Gasteiger partial charge in [0.1, 0.15) is 0 Å². The third-order valence-corrected chi connectivity index (χ3v) is 4.67. The van der Waals surface area contributed by atoms with Crippen LogP contribution in [0.4, 0.5) is 0 Å². The van der Waals surface area contributed by atoms with Crippen molar-refractivity contribution in [1.82, 2.24) is 10.2 Å². The smallest absolute Gasteiger partial charge is 0.0467 e. The first kappa shape index (κ1) is 17.9. The fourth-order valence-corrected chi connectivity index (χ4v) is 3.09. The number of ether oxygens (including phenoxy) is 1. The van der Waals surface area contributed by atoms with Crippen molar-refractivity contribution in [2.75, 3.05) is 39.9 Å². The molecule has 1 saturated heterocycles. The van der Waals surface area contributed by atoms with Gasteiger partial charge in [-0.1, -0.05) is 20.8 Å². The average molecular weight is 284 g/mol. The second-order valence-electron chi connectivity index (χ2n) is 7.28. The van der Waals surface area contributed by atoms with Crippen LogP contribution in [0, 0.1) is 11.3 Å². The molecule has 0 aromatic carbocycles. The average Bonchev–Trinajstić information content (AvgIpc) is 2.43. The summed E-state index contributed by atoms with van der Waals surface area (Å²) in [5.74, 6) is 0.813. The fraction of sp³-hybridized carbons (Fsp3) is 1.00. The zero-order valence-electron chi connectivity index (χ0n) is 14.4. The van der Waals surface area contributed by atoms with Gasteiger partial charge < -0.3 is 15.0 Å². The molecule has 0 aliphatic carbocycles. The lowest BCUT2D eigenvalue weighted by atomic mass is 9.87. The van der Waals surface area contributed by atoms with E-state index in [-0.39, 0.29) is 0 Å². The van der Waals surface area contributed by atoms with Crippen molar-refractivity contribution in [3.63, 3.8) is 0 Å². The molecule has 3 heteroatoms. The third-order valence-electron chi connectivity index (χ3n) is 4.67. The van der Waals surface area contributed by atoms with Crippen LogP contribution in [0.15, 0.2) is 0 Å². The maximum absolute atomic E-state index is 5.21. The molecule has 1 fully saturated rings. The molecular formula is C17H36N2O. The molecular weight excluding hydrogens is 248 g/mol. The van der Waals surface area contributed by atoms with Crippen molar-refractivity contribution in [3.8, 4) is 0 Å². The minimum Gasteiger partial charge on any atom is -0.385 e. The van der Waals surface area contributed by atoms with E-state index in [9.17, 15) is 0 Å². The summed E-state index contributed by atoms with van der Waals surface area (Å²) in [5.41, 5.74) is 0.321. The summed E-state index contributed by atoms with van der Waals surface area (Å²) in [6, 6.07) is 0.622. The Morgan fingerprint density at radius 3 is 2.80 bits per heavy atom. The Kier molecular flexibility index (Phi) is 8.08. The molecule has 1 aliphatic rings. The summed E-state index contributed by atoms with van der Waals surface area (Å²) < 4.78 is 5.21. The van der Waals surface area contributed by atoms with E-state index in [0.717, 1.165) is 25.5 Å². The molecule has 0 amide bonds. The number of hydrogen-bond donors (Lipinski definition) is 1. The highest BCUT2D eigenvalue weighted by molar-refractivity contribution is 4.82. The molecule has 0 aromatic rings. The molecule has 0 saturated carbocycles. The van der Waals surface area contributed by atoms with Crippen LogP contribution >= 0.6 is 0 Å². The van der Waals surface area contributed by atoms with Gasteiger partial charge in [-0.05, 0) is 57.0 Å². The van der Waals surface area contributed by atoms with E-state index >= 15 is 0 Å². The minimum absolute atomic E-state index is 0.321. The van der Waals surface area contributed by atoms with E-state index in [4.69, 9.17) is 4.74 Å². The van der Waals surface area contributed by atoms with Gasteiger partial charge in [0.05, 0.1) is 0 Å². The van der Waals surface area contributed by atoms with Gasteiger partial charge in [0.15, 0.2) is 0 Å². The van der Waals surface area contributed by atoms with Gasteiger partial charge >= 0.3 is 0 Å². The van der Waals surface area contributed by atoms with E-state index in [1.54, 1.807) is 7.11 Å². The molecule has 1 N–H and O–H groups in total. The van der Waals surface area contributed by atoms with E-state index < -0.39 is 0 Å². The van der Waals surface area contributed by atoms with Crippen LogP contribution in [0.2, 0.25) is 0 Å². The number of piperidine rings is 1. The van der Waals surface area contributed by atoms with Gasteiger partial charge in [0, 0.05) is 32.8 Å². The molecule has 0 bridgehead atoms. The van der Waals surface area contributed by atoms with Gasteiger partial charge in [0.25, 0.3) is 0 Å². The van der Waals surface area contributed by atoms with Crippen molar-refractivity contribution in [2.24, 2.45) is 11.3 Å². The molecule has 3 nitrogen and oxygen atoms in total. The number of likely N-dealkylation sites (tertiary alicyclic amines) is 1. The first-order valence-corrected chi connectivity index (χ1v) is 8.43. The maximum Gasteiger partial charge on any atom is 0.0467 e. The Labute approximate surface area is 126 Å². The van der Waals surface area contributed by atoms with Crippen molar-refractivity contribution in [3.05, 3.63) is 0 Å². The van der Waals surface area contributed by atoms with Crippen LogP contribution in [-0.4, -0.2) is 50.8 Å². The third kappa shape index (κ3) is 6.55. The monoisotopic (exact) mass is 284 g/mol. The Bertz CT molecular complexity index is 253. The highest BCUT2D eigenvalue weighted by Crippen LogP contribution is 2.23. The van der Waals surface area contributed by atoms with Crippen LogP contribution in [0.3, 0.4) is 0 Å². The Hall–Kier alpha value is -0.120. The lowest BCUT2D eigenvalue weighted by Crippen LogP contribution is -2.46. The largest absolute Gasteiger partial charge is 0.385 e. The molecule has 0 aromatic heterocycles. The Morgan fingerprint density at radius 1 is 1.40 bits per heavy atom. The summed E-state index contributed by atoms with van der Waals surface area (Å²) in [6.07, 6.45) is 5.14. The summed E-state index contributed by atoms with van der Waals surface area (Å²) in [5, 5.41) is 3.78. The molecule has 1 rings (SSSR count). The zero-order chi connectivity index (χ0) is 15.0. The second kappa shape index (κ2) is 9.01. The lowest BCUT2D eigenvalue weighted by Gasteiger charge is -2.37. The van der Waals surface area contributed by atoms with E-state index in [2.05, 4.69) is 37.9 Å². The number of rotatable bonds is 9. The Morgan fingerprint density at radius 2 is 2.15 bits per heavy atom. The number of nitrogens with zero attached hydrogens (tertiary/aromatic N) is 1. The lowest BCUT2D eigenvalue weighted by molar-refractivity contribution is 0.131. The van der Waals surface area contributed by atoms with Gasteiger partial charge in [-0.2, -0.15) is 0 Å². The fourth-order valence-electron chi connectivity index (χ4n) is 3.09. The molecule has 1 aliphatic heterocycles. The van der Waals surface area contributed by atoms with Gasteiger partial charge in [0.2, 0.25) is 0 Å². The van der Waals surface area contributed by atoms with E-state index in [0.29, 0.717) is 11.5 Å². The van der Waals surface area contributed by atoms with Crippen LogP contribution < -0.4 is 5.32 Å². The quantitative estimate of drug-likeness (QED) is 0.704. The van der Waals surface area contributed by atoms with Crippen molar-refractivity contribution in [1.29, 1.82) is 0 Å². The topological polar surface area (TPSA) is 24.5 Å². The summed E-state index contributed by atoms with van der Waals surface area (Å²) in [7, 11) is 1.79.